The number of hydrogen-bond acceptors (Lipinski definition) is 8. The van der Waals surface area contributed by atoms with Crippen LogP contribution in [-0.4, -0.2) is 71.8 Å². The number of ether oxygens (including phenoxy) is 4. The molecule has 3 N–H and O–H groups in total. The quantitative estimate of drug-likeness (QED) is 0.0818. The second-order valence-corrected chi connectivity index (χ2v) is 18.9. The molecule has 326 valence electrons. The maximum Gasteiger partial charge on any atom is 0.338 e. The summed E-state index contributed by atoms with van der Waals surface area (Å²) in [6, 6.07) is 14.8. The topological polar surface area (TPSA) is 136 Å². The van der Waals surface area contributed by atoms with Gasteiger partial charge in [0.05, 0.1) is 23.9 Å². The zero-order valence-corrected chi connectivity index (χ0v) is 36.6. The molecule has 2 aromatic carbocycles. The highest BCUT2D eigenvalue weighted by atomic mass is 16.8. The van der Waals surface area contributed by atoms with Crippen LogP contribution in [0.25, 0.3) is 6.08 Å². The zero-order valence-electron chi connectivity index (χ0n) is 36.6. The van der Waals surface area contributed by atoms with Crippen LogP contribution in [0.3, 0.4) is 0 Å². The Balaban J connectivity index is 1.09. The molecule has 7 atom stereocenters. The summed E-state index contributed by atoms with van der Waals surface area (Å²) in [4.78, 5) is 40.6. The van der Waals surface area contributed by atoms with Crippen LogP contribution in [0.1, 0.15) is 156 Å². The summed E-state index contributed by atoms with van der Waals surface area (Å²) in [5, 5.41) is 14.8. The Morgan fingerprint density at radius 1 is 0.883 bits per heavy atom. The highest BCUT2D eigenvalue weighted by Gasteiger charge is 2.56. The van der Waals surface area contributed by atoms with E-state index in [0.29, 0.717) is 40.1 Å². The summed E-state index contributed by atoms with van der Waals surface area (Å²) in [5.41, 5.74) is 4.91. The molecule has 2 saturated carbocycles. The number of benzene rings is 2. The summed E-state index contributed by atoms with van der Waals surface area (Å²) >= 11 is 0. The molecule has 0 spiro atoms. The van der Waals surface area contributed by atoms with E-state index in [9.17, 15) is 14.4 Å². The third-order valence-electron chi connectivity index (χ3n) is 14.0. The van der Waals surface area contributed by atoms with Gasteiger partial charge in [0, 0.05) is 43.5 Å². The number of fused-ring (bicyclic) bond motifs is 3. The van der Waals surface area contributed by atoms with Gasteiger partial charge >= 0.3 is 5.97 Å². The molecule has 3 aliphatic carbocycles. The van der Waals surface area contributed by atoms with Gasteiger partial charge in [0.2, 0.25) is 5.91 Å². The Morgan fingerprint density at radius 3 is 2.37 bits per heavy atom. The van der Waals surface area contributed by atoms with Gasteiger partial charge in [0.1, 0.15) is 18.3 Å². The number of rotatable bonds is 17. The van der Waals surface area contributed by atoms with Gasteiger partial charge < -0.3 is 34.7 Å². The molecule has 2 heterocycles. The number of carbonyl (C=O) groups excluding carboxylic acids is 3. The van der Waals surface area contributed by atoms with Crippen LogP contribution in [0.4, 0.5) is 0 Å². The minimum atomic E-state index is -0.816. The number of amides is 2. The van der Waals surface area contributed by atoms with E-state index in [1.165, 1.54) is 18.4 Å². The third-order valence-corrected chi connectivity index (χ3v) is 14.0. The number of nitrogens with one attached hydrogen (secondary N) is 2. The van der Waals surface area contributed by atoms with Gasteiger partial charge in [-0.1, -0.05) is 89.3 Å². The fraction of sp³-hybridized carbons (Fsp3) is 0.620. The van der Waals surface area contributed by atoms with Crippen LogP contribution in [0.5, 0.6) is 0 Å². The molecule has 2 saturated heterocycles. The van der Waals surface area contributed by atoms with E-state index < -0.39 is 30.1 Å². The van der Waals surface area contributed by atoms with Gasteiger partial charge in [-0.05, 0) is 111 Å². The molecule has 10 heteroatoms. The van der Waals surface area contributed by atoms with Crippen LogP contribution in [-0.2, 0) is 30.3 Å². The van der Waals surface area contributed by atoms with Crippen molar-refractivity contribution in [2.45, 2.75) is 167 Å². The molecule has 0 radical (unpaired) electrons. The van der Waals surface area contributed by atoms with Gasteiger partial charge in [-0.3, -0.25) is 9.59 Å². The van der Waals surface area contributed by atoms with Crippen LogP contribution < -0.4 is 10.6 Å². The molecular formula is C50H68N2O8. The average molecular weight is 825 g/mol. The lowest BCUT2D eigenvalue weighted by Gasteiger charge is -2.53. The lowest BCUT2D eigenvalue weighted by atomic mass is 9.52. The maximum atomic E-state index is 14.2. The SMILES string of the molecule is CCCCCC1(CCCCC)OC2C=C(C(=O)NCc3cccc(C(=O)NCCO)c3)CC(OC(=O)c3cccc(C=C4CCC5OC5(C)CCC5C4CC5(C)C)c3)C2O1. The summed E-state index contributed by atoms with van der Waals surface area (Å²) < 4.78 is 26.3. The number of aliphatic hydroxyl groups is 1. The largest absolute Gasteiger partial charge is 0.456 e. The highest BCUT2D eigenvalue weighted by molar-refractivity contribution is 5.95. The third kappa shape index (κ3) is 10.3. The number of carbonyl (C=O) groups is 3. The van der Waals surface area contributed by atoms with E-state index in [0.717, 1.165) is 81.8 Å². The Kier molecular flexibility index (Phi) is 14.0. The molecule has 4 fully saturated rings. The molecule has 10 nitrogen and oxygen atoms in total. The van der Waals surface area contributed by atoms with E-state index >= 15 is 0 Å². The van der Waals surface area contributed by atoms with Crippen molar-refractivity contribution in [3.05, 3.63) is 88.0 Å². The normalized spacial score (nSPS) is 29.3. The highest BCUT2D eigenvalue weighted by Crippen LogP contribution is 2.60. The predicted molar refractivity (Wildman–Crippen MR) is 232 cm³/mol. The summed E-state index contributed by atoms with van der Waals surface area (Å²) in [5.74, 6) is -0.688. The van der Waals surface area contributed by atoms with Gasteiger partial charge in [0.25, 0.3) is 5.91 Å². The van der Waals surface area contributed by atoms with Gasteiger partial charge in [-0.15, -0.1) is 0 Å². The van der Waals surface area contributed by atoms with Crippen molar-refractivity contribution in [1.29, 1.82) is 0 Å². The number of unbranched alkanes of at least 4 members (excludes halogenated alkanes) is 4. The van der Waals surface area contributed by atoms with Crippen LogP contribution in [0, 0.1) is 17.3 Å². The Hall–Kier alpha value is -3.83. The van der Waals surface area contributed by atoms with E-state index in [-0.39, 0.29) is 43.5 Å². The van der Waals surface area contributed by atoms with Crippen molar-refractivity contribution in [1.82, 2.24) is 10.6 Å². The first-order chi connectivity index (χ1) is 28.9. The van der Waals surface area contributed by atoms with Gasteiger partial charge in [-0.25, -0.2) is 4.79 Å². The fourth-order valence-corrected chi connectivity index (χ4v) is 10.4. The number of aliphatic hydroxyl groups excluding tert-OH is 1. The number of hydrogen-bond donors (Lipinski definition) is 3. The average Bonchev–Trinajstić information content (AvgIpc) is 3.72. The second kappa shape index (κ2) is 19.1. The Bertz CT molecular complexity index is 1910. The van der Waals surface area contributed by atoms with Crippen LogP contribution >= 0.6 is 0 Å². The van der Waals surface area contributed by atoms with Crippen molar-refractivity contribution < 1.29 is 38.4 Å². The molecule has 7 unspecified atom stereocenters. The summed E-state index contributed by atoms with van der Waals surface area (Å²) in [6.45, 7) is 11.6. The van der Waals surface area contributed by atoms with Crippen molar-refractivity contribution in [3.63, 3.8) is 0 Å². The van der Waals surface area contributed by atoms with Gasteiger partial charge in [-0.2, -0.15) is 0 Å². The number of epoxide rings is 1. The summed E-state index contributed by atoms with van der Waals surface area (Å²) in [7, 11) is 0. The van der Waals surface area contributed by atoms with Crippen molar-refractivity contribution in [2.24, 2.45) is 17.3 Å². The first-order valence-corrected chi connectivity index (χ1v) is 22.9. The molecule has 2 aromatic rings. The van der Waals surface area contributed by atoms with E-state index in [4.69, 9.17) is 24.1 Å². The van der Waals surface area contributed by atoms with Crippen LogP contribution in [0.15, 0.2) is 65.8 Å². The first kappa shape index (κ1) is 44.2. The predicted octanol–water partition coefficient (Wildman–Crippen LogP) is 9.00. The number of esters is 1. The number of allylic oxidation sites excluding steroid dienone is 1. The molecule has 2 amide bonds. The monoisotopic (exact) mass is 824 g/mol. The van der Waals surface area contributed by atoms with E-state index in [1.807, 2.05) is 24.3 Å². The first-order valence-electron chi connectivity index (χ1n) is 22.9. The molecule has 0 bridgehead atoms. The molecule has 2 aliphatic heterocycles. The molecule has 7 rings (SSSR count). The maximum absolute atomic E-state index is 14.2. The molecular weight excluding hydrogens is 757 g/mol. The van der Waals surface area contributed by atoms with Crippen molar-refractivity contribution in [2.75, 3.05) is 13.2 Å². The van der Waals surface area contributed by atoms with E-state index in [2.05, 4.69) is 57.4 Å². The lowest BCUT2D eigenvalue weighted by molar-refractivity contribution is -0.190. The van der Waals surface area contributed by atoms with Crippen LogP contribution in [0.2, 0.25) is 0 Å². The minimum absolute atomic E-state index is 0.0224. The fourth-order valence-electron chi connectivity index (χ4n) is 10.4. The minimum Gasteiger partial charge on any atom is -0.456 e. The molecule has 60 heavy (non-hydrogen) atoms. The molecule has 5 aliphatic rings. The van der Waals surface area contributed by atoms with E-state index in [1.54, 1.807) is 24.3 Å². The standard InChI is InChI=1S/C50H68N2O8/c1-6-8-10-21-50(22-11-9-7-2)58-42-30-38(46(55)52-32-34-15-13-16-36(28-34)45(54)51-24-25-53)29-41(44(42)60-50)57-47(56)37-17-12-14-33(27-37)26-35-18-19-43-49(5,59-43)23-20-40-39(35)31-48(40,3)4/h12-17,26-28,30,39-44,53H,6-11,18-25,29,31-32H2,1-5H3,(H,51,54)(H,52,55). The Labute approximate surface area is 357 Å². The zero-order chi connectivity index (χ0) is 42.5. The van der Waals surface area contributed by atoms with Crippen molar-refractivity contribution in [3.8, 4) is 0 Å². The smallest absolute Gasteiger partial charge is 0.338 e. The second-order valence-electron chi connectivity index (χ2n) is 18.9. The molecule has 0 aromatic heterocycles. The van der Waals surface area contributed by atoms with Crippen molar-refractivity contribution >= 4 is 23.9 Å². The van der Waals surface area contributed by atoms with Gasteiger partial charge in [0.15, 0.2) is 5.79 Å². The Morgan fingerprint density at radius 2 is 1.63 bits per heavy atom. The summed E-state index contributed by atoms with van der Waals surface area (Å²) in [6.07, 6.45) is 15.9. The lowest BCUT2D eigenvalue weighted by Crippen LogP contribution is -2.45.